The maximum Gasteiger partial charge on any atom is 0.337 e. The number of nitrogens with one attached hydrogen (secondary N) is 2. The fourth-order valence-corrected chi connectivity index (χ4v) is 4.80. The van der Waals surface area contributed by atoms with Crippen molar-refractivity contribution in [3.05, 3.63) is 70.4 Å². The molecule has 0 saturated heterocycles. The van der Waals surface area contributed by atoms with Crippen molar-refractivity contribution >= 4 is 12.0 Å². The van der Waals surface area contributed by atoms with Gasteiger partial charge in [0, 0.05) is 18.8 Å². The van der Waals surface area contributed by atoms with Crippen molar-refractivity contribution in [1.82, 2.24) is 15.5 Å². The monoisotopic (exact) mass is 465 g/mol. The molecule has 2 aliphatic heterocycles. The van der Waals surface area contributed by atoms with Crippen LogP contribution in [0.5, 0.6) is 11.5 Å². The molecule has 0 saturated carbocycles. The first kappa shape index (κ1) is 23.6. The van der Waals surface area contributed by atoms with Crippen LogP contribution in [0.1, 0.15) is 36.6 Å². The van der Waals surface area contributed by atoms with Crippen molar-refractivity contribution in [2.75, 3.05) is 33.9 Å². The van der Waals surface area contributed by atoms with Gasteiger partial charge in [0.05, 0.1) is 38.5 Å². The fraction of sp³-hybridized carbons (Fsp3) is 0.385. The number of amides is 2. The highest BCUT2D eigenvalue weighted by molar-refractivity contribution is 5.94. The van der Waals surface area contributed by atoms with E-state index in [9.17, 15) is 9.59 Å². The first-order valence-corrected chi connectivity index (χ1v) is 11.5. The summed E-state index contributed by atoms with van der Waals surface area (Å²) in [5.41, 5.74) is 4.43. The minimum Gasteiger partial charge on any atom is -0.493 e. The predicted molar refractivity (Wildman–Crippen MR) is 128 cm³/mol. The van der Waals surface area contributed by atoms with E-state index in [1.54, 1.807) is 28.1 Å². The molecule has 0 spiro atoms. The van der Waals surface area contributed by atoms with Gasteiger partial charge in [0.1, 0.15) is 0 Å². The number of fused-ring (bicyclic) bond motifs is 1. The molecular weight excluding hydrogens is 434 g/mol. The lowest BCUT2D eigenvalue weighted by Gasteiger charge is -2.39. The van der Waals surface area contributed by atoms with E-state index >= 15 is 0 Å². The molecule has 2 N–H and O–H groups in total. The van der Waals surface area contributed by atoms with Crippen LogP contribution in [0.3, 0.4) is 0 Å². The quantitative estimate of drug-likeness (QED) is 0.611. The van der Waals surface area contributed by atoms with Crippen molar-refractivity contribution in [1.29, 1.82) is 0 Å². The third kappa shape index (κ3) is 4.59. The Labute approximate surface area is 199 Å². The average molecular weight is 466 g/mol. The predicted octanol–water partition coefficient (Wildman–Crippen LogP) is 3.17. The topological polar surface area (TPSA) is 89.1 Å². The molecule has 2 heterocycles. The van der Waals surface area contributed by atoms with Gasteiger partial charge >= 0.3 is 12.0 Å². The zero-order chi connectivity index (χ0) is 24.2. The largest absolute Gasteiger partial charge is 0.493 e. The molecule has 0 aliphatic carbocycles. The maximum atomic E-state index is 12.8. The van der Waals surface area contributed by atoms with Crippen LogP contribution >= 0.6 is 0 Å². The molecule has 2 aromatic rings. The lowest BCUT2D eigenvalue weighted by Crippen LogP contribution is -2.52. The standard InChI is InChI=1S/C26H31N3O5/c1-5-34-25(30)23-16(2)27-26(31)28-20(23)15-29-12-11-18-13-21(32-3)22(33-4)14-19(18)24(29)17-9-7-6-8-10-17/h6-10,13-14,16,24H,5,11-12,15H2,1-4H3,(H2,27,28,31)/t16-,24-/m0/s1. The second-order valence-electron chi connectivity index (χ2n) is 8.37. The van der Waals surface area contributed by atoms with Gasteiger partial charge in [0.2, 0.25) is 0 Å². The molecule has 8 heteroatoms. The zero-order valence-corrected chi connectivity index (χ0v) is 20.0. The summed E-state index contributed by atoms with van der Waals surface area (Å²) in [6.45, 7) is 4.95. The smallest absolute Gasteiger partial charge is 0.337 e. The summed E-state index contributed by atoms with van der Waals surface area (Å²) in [6.07, 6.45) is 0.794. The van der Waals surface area contributed by atoms with Crippen LogP contribution in [0.25, 0.3) is 0 Å². The molecule has 0 radical (unpaired) electrons. The lowest BCUT2D eigenvalue weighted by atomic mass is 9.87. The van der Waals surface area contributed by atoms with Gasteiger partial charge in [-0.2, -0.15) is 0 Å². The Morgan fingerprint density at radius 3 is 2.50 bits per heavy atom. The summed E-state index contributed by atoms with van der Waals surface area (Å²) >= 11 is 0. The number of benzene rings is 2. The van der Waals surface area contributed by atoms with E-state index in [-0.39, 0.29) is 18.7 Å². The van der Waals surface area contributed by atoms with Crippen LogP contribution < -0.4 is 20.1 Å². The number of nitrogens with zero attached hydrogens (tertiary/aromatic N) is 1. The highest BCUT2D eigenvalue weighted by Crippen LogP contribution is 2.41. The van der Waals surface area contributed by atoms with Gasteiger partial charge in [0.15, 0.2) is 11.5 Å². The molecule has 4 rings (SSSR count). The second kappa shape index (κ2) is 10.2. The van der Waals surface area contributed by atoms with Gasteiger partial charge < -0.3 is 24.8 Å². The Morgan fingerprint density at radius 2 is 1.82 bits per heavy atom. The molecule has 180 valence electrons. The molecule has 0 fully saturated rings. The van der Waals surface area contributed by atoms with Crippen molar-refractivity contribution in [3.63, 3.8) is 0 Å². The number of carbonyl (C=O) groups excluding carboxylic acids is 2. The minimum atomic E-state index is -0.445. The number of urea groups is 1. The van der Waals surface area contributed by atoms with Crippen molar-refractivity contribution in [2.45, 2.75) is 32.4 Å². The van der Waals surface area contributed by atoms with E-state index in [4.69, 9.17) is 14.2 Å². The van der Waals surface area contributed by atoms with Gasteiger partial charge in [-0.05, 0) is 49.1 Å². The first-order valence-electron chi connectivity index (χ1n) is 11.5. The Morgan fingerprint density at radius 1 is 1.12 bits per heavy atom. The van der Waals surface area contributed by atoms with Crippen LogP contribution in [0.4, 0.5) is 4.79 Å². The number of hydrogen-bond acceptors (Lipinski definition) is 6. The molecule has 8 nitrogen and oxygen atoms in total. The van der Waals surface area contributed by atoms with E-state index < -0.39 is 12.0 Å². The van der Waals surface area contributed by atoms with E-state index in [0.29, 0.717) is 29.3 Å². The van der Waals surface area contributed by atoms with Gasteiger partial charge in [-0.15, -0.1) is 0 Å². The average Bonchev–Trinajstić information content (AvgIpc) is 2.83. The molecule has 0 bridgehead atoms. The molecule has 34 heavy (non-hydrogen) atoms. The van der Waals surface area contributed by atoms with Crippen molar-refractivity contribution in [2.24, 2.45) is 0 Å². The summed E-state index contributed by atoms with van der Waals surface area (Å²) < 4.78 is 16.4. The van der Waals surface area contributed by atoms with Gasteiger partial charge in [-0.3, -0.25) is 4.90 Å². The Kier molecular flexibility index (Phi) is 7.07. The number of esters is 1. The van der Waals surface area contributed by atoms with Crippen molar-refractivity contribution in [3.8, 4) is 11.5 Å². The summed E-state index contributed by atoms with van der Waals surface area (Å²) in [5.74, 6) is 0.949. The van der Waals surface area contributed by atoms with Gasteiger partial charge in [-0.1, -0.05) is 30.3 Å². The molecule has 0 aromatic heterocycles. The summed E-state index contributed by atoms with van der Waals surface area (Å²) in [4.78, 5) is 27.3. The van der Waals surface area contributed by atoms with E-state index in [2.05, 4.69) is 27.7 Å². The number of rotatable bonds is 7. The van der Waals surface area contributed by atoms with Crippen LogP contribution in [-0.2, 0) is 16.0 Å². The van der Waals surface area contributed by atoms with Crippen LogP contribution in [0.15, 0.2) is 53.7 Å². The minimum absolute atomic E-state index is 0.0946. The number of methoxy groups -OCH3 is 2. The third-order valence-corrected chi connectivity index (χ3v) is 6.32. The van der Waals surface area contributed by atoms with Crippen LogP contribution in [0, 0.1) is 0 Å². The van der Waals surface area contributed by atoms with Crippen LogP contribution in [-0.4, -0.2) is 56.9 Å². The van der Waals surface area contributed by atoms with Crippen molar-refractivity contribution < 1.29 is 23.8 Å². The van der Waals surface area contributed by atoms with Crippen LogP contribution in [0.2, 0.25) is 0 Å². The molecule has 2 aliphatic rings. The van der Waals surface area contributed by atoms with Gasteiger partial charge in [0.25, 0.3) is 0 Å². The highest BCUT2D eigenvalue weighted by atomic mass is 16.5. The molecule has 2 aromatic carbocycles. The number of ether oxygens (including phenoxy) is 3. The summed E-state index contributed by atoms with van der Waals surface area (Å²) in [7, 11) is 3.27. The number of hydrogen-bond donors (Lipinski definition) is 2. The Balaban J connectivity index is 1.79. The Bertz CT molecular complexity index is 1100. The van der Waals surface area contributed by atoms with E-state index in [0.717, 1.165) is 24.1 Å². The number of carbonyl (C=O) groups is 2. The maximum absolute atomic E-state index is 12.8. The summed E-state index contributed by atoms with van der Waals surface area (Å²) in [5, 5.41) is 5.63. The Hall–Kier alpha value is -3.52. The van der Waals surface area contributed by atoms with E-state index in [1.165, 1.54) is 5.56 Å². The third-order valence-electron chi connectivity index (χ3n) is 6.32. The van der Waals surface area contributed by atoms with Gasteiger partial charge in [-0.25, -0.2) is 9.59 Å². The SMILES string of the molecule is CCOC(=O)C1=C(CN2CCc3cc(OC)c(OC)cc3[C@@H]2c2ccccc2)NC(=O)N[C@H]1C. The first-order chi connectivity index (χ1) is 16.5. The highest BCUT2D eigenvalue weighted by Gasteiger charge is 2.35. The molecule has 2 atom stereocenters. The summed E-state index contributed by atoms with van der Waals surface area (Å²) in [6, 6.07) is 13.4. The molecule has 2 amide bonds. The molecule has 0 unspecified atom stereocenters. The molecular formula is C26H31N3O5. The van der Waals surface area contributed by atoms with E-state index in [1.807, 2.05) is 30.3 Å². The zero-order valence-electron chi connectivity index (χ0n) is 20.0. The second-order valence-corrected chi connectivity index (χ2v) is 8.37. The normalized spacial score (nSPS) is 20.2. The lowest BCUT2D eigenvalue weighted by molar-refractivity contribution is -0.139. The fourth-order valence-electron chi connectivity index (χ4n) is 4.80.